The third-order valence-corrected chi connectivity index (χ3v) is 4.85. The van der Waals surface area contributed by atoms with Crippen molar-refractivity contribution in [1.29, 1.82) is 0 Å². The van der Waals surface area contributed by atoms with Gasteiger partial charge in [0.25, 0.3) is 5.91 Å². The van der Waals surface area contributed by atoms with Gasteiger partial charge in [0.15, 0.2) is 0 Å². The standard InChI is InChI=1S/C15H20N4O2/c1-9(10-2-3-10)13-17-14-12(15(20)18-13)8-16-19(14)11-4-6-21-7-5-11/h8-12H,2-7H2,1H3/t9-,12-/m0/s1. The zero-order valence-electron chi connectivity index (χ0n) is 12.2. The Hall–Kier alpha value is -1.56. The van der Waals surface area contributed by atoms with Gasteiger partial charge in [-0.25, -0.2) is 10.0 Å². The SMILES string of the molecule is C[C@H](C1=NC(=O)[C@H]2C=NN(C3CCOCC3)C2=N1)C1CC1. The summed E-state index contributed by atoms with van der Waals surface area (Å²) in [5.41, 5.74) is 0. The molecule has 6 heteroatoms. The van der Waals surface area contributed by atoms with Crippen molar-refractivity contribution in [3.63, 3.8) is 0 Å². The number of hydrazone groups is 1. The number of fused-ring (bicyclic) bond motifs is 1. The van der Waals surface area contributed by atoms with Crippen molar-refractivity contribution >= 4 is 23.8 Å². The van der Waals surface area contributed by atoms with E-state index in [-0.39, 0.29) is 17.7 Å². The Balaban J connectivity index is 1.60. The summed E-state index contributed by atoms with van der Waals surface area (Å²) in [5.74, 6) is 1.93. The Morgan fingerprint density at radius 1 is 1.24 bits per heavy atom. The van der Waals surface area contributed by atoms with E-state index in [0.29, 0.717) is 17.8 Å². The van der Waals surface area contributed by atoms with Gasteiger partial charge in [0.1, 0.15) is 17.6 Å². The minimum Gasteiger partial charge on any atom is -0.381 e. The van der Waals surface area contributed by atoms with Gasteiger partial charge >= 0.3 is 0 Å². The highest BCUT2D eigenvalue weighted by Gasteiger charge is 2.41. The van der Waals surface area contributed by atoms with Gasteiger partial charge in [-0.3, -0.25) is 4.79 Å². The highest BCUT2D eigenvalue weighted by molar-refractivity contribution is 6.24. The molecule has 1 amide bonds. The average molecular weight is 288 g/mol. The fraction of sp³-hybridized carbons (Fsp3) is 0.733. The number of ether oxygens (including phenoxy) is 1. The topological polar surface area (TPSA) is 66.6 Å². The Morgan fingerprint density at radius 3 is 2.71 bits per heavy atom. The first-order valence-electron chi connectivity index (χ1n) is 7.86. The van der Waals surface area contributed by atoms with Crippen molar-refractivity contribution in [1.82, 2.24) is 5.01 Å². The van der Waals surface area contributed by atoms with Crippen LogP contribution in [0.1, 0.15) is 32.6 Å². The Kier molecular flexibility index (Phi) is 3.14. The molecule has 3 aliphatic heterocycles. The average Bonchev–Trinajstić information content (AvgIpc) is 3.27. The van der Waals surface area contributed by atoms with Crippen LogP contribution < -0.4 is 0 Å². The molecule has 0 N–H and O–H groups in total. The van der Waals surface area contributed by atoms with Crippen molar-refractivity contribution < 1.29 is 9.53 Å². The van der Waals surface area contributed by atoms with Crippen LogP contribution in [0.4, 0.5) is 0 Å². The molecule has 1 aliphatic carbocycles. The summed E-state index contributed by atoms with van der Waals surface area (Å²) >= 11 is 0. The van der Waals surface area contributed by atoms with Gasteiger partial charge in [-0.05, 0) is 31.6 Å². The van der Waals surface area contributed by atoms with E-state index in [1.807, 2.05) is 5.01 Å². The van der Waals surface area contributed by atoms with Gasteiger partial charge in [0, 0.05) is 25.3 Å². The maximum atomic E-state index is 12.3. The minimum atomic E-state index is -0.372. The molecule has 2 atom stereocenters. The van der Waals surface area contributed by atoms with E-state index >= 15 is 0 Å². The maximum Gasteiger partial charge on any atom is 0.263 e. The van der Waals surface area contributed by atoms with E-state index in [2.05, 4.69) is 17.0 Å². The van der Waals surface area contributed by atoms with E-state index in [1.54, 1.807) is 6.21 Å². The zero-order chi connectivity index (χ0) is 14.4. The van der Waals surface area contributed by atoms with E-state index in [4.69, 9.17) is 9.73 Å². The fourth-order valence-corrected chi connectivity index (χ4v) is 3.25. The third kappa shape index (κ3) is 2.31. The van der Waals surface area contributed by atoms with E-state index in [1.165, 1.54) is 12.8 Å². The summed E-state index contributed by atoms with van der Waals surface area (Å²) in [5, 5.41) is 6.38. The predicted molar refractivity (Wildman–Crippen MR) is 79.4 cm³/mol. The number of carbonyl (C=O) groups is 1. The Labute approximate surface area is 124 Å². The molecule has 1 saturated heterocycles. The molecule has 0 unspecified atom stereocenters. The van der Waals surface area contributed by atoms with Crippen LogP contribution in [0.3, 0.4) is 0 Å². The monoisotopic (exact) mass is 288 g/mol. The molecule has 1 saturated carbocycles. The van der Waals surface area contributed by atoms with Crippen LogP contribution in [0.2, 0.25) is 0 Å². The van der Waals surface area contributed by atoms with Gasteiger partial charge in [-0.2, -0.15) is 10.1 Å². The molecule has 0 spiro atoms. The number of nitrogens with zero attached hydrogens (tertiary/aromatic N) is 4. The van der Waals surface area contributed by atoms with E-state index < -0.39 is 0 Å². The second-order valence-electron chi connectivity index (χ2n) is 6.33. The number of amidine groups is 2. The molecule has 2 fully saturated rings. The largest absolute Gasteiger partial charge is 0.381 e. The predicted octanol–water partition coefficient (Wildman–Crippen LogP) is 1.47. The molecule has 0 radical (unpaired) electrons. The van der Waals surface area contributed by atoms with Crippen LogP contribution in [-0.4, -0.2) is 48.1 Å². The Morgan fingerprint density at radius 2 is 2.00 bits per heavy atom. The number of aliphatic imine (C=N–C) groups is 2. The highest BCUT2D eigenvalue weighted by Crippen LogP contribution is 2.38. The fourth-order valence-electron chi connectivity index (χ4n) is 3.25. The van der Waals surface area contributed by atoms with Gasteiger partial charge in [0.2, 0.25) is 0 Å². The van der Waals surface area contributed by atoms with Crippen LogP contribution in [0.25, 0.3) is 0 Å². The zero-order valence-corrected chi connectivity index (χ0v) is 12.2. The van der Waals surface area contributed by atoms with Crippen LogP contribution in [0.5, 0.6) is 0 Å². The van der Waals surface area contributed by atoms with Crippen LogP contribution in [0, 0.1) is 17.8 Å². The molecular weight excluding hydrogens is 268 g/mol. The molecule has 4 rings (SSSR count). The summed E-state index contributed by atoms with van der Waals surface area (Å²) in [6, 6.07) is 0.294. The molecule has 6 nitrogen and oxygen atoms in total. The lowest BCUT2D eigenvalue weighted by molar-refractivity contribution is -0.118. The summed E-state index contributed by atoms with van der Waals surface area (Å²) < 4.78 is 5.41. The molecule has 0 bridgehead atoms. The third-order valence-electron chi connectivity index (χ3n) is 4.85. The van der Waals surface area contributed by atoms with E-state index in [0.717, 1.165) is 31.9 Å². The van der Waals surface area contributed by atoms with Crippen LogP contribution in [0.15, 0.2) is 15.1 Å². The molecule has 21 heavy (non-hydrogen) atoms. The van der Waals surface area contributed by atoms with Crippen LogP contribution >= 0.6 is 0 Å². The van der Waals surface area contributed by atoms with Crippen molar-refractivity contribution in [2.45, 2.75) is 38.6 Å². The summed E-state index contributed by atoms with van der Waals surface area (Å²) in [6.45, 7) is 3.63. The summed E-state index contributed by atoms with van der Waals surface area (Å²) in [4.78, 5) is 21.2. The van der Waals surface area contributed by atoms with Crippen molar-refractivity contribution in [3.8, 4) is 0 Å². The number of carbonyl (C=O) groups excluding carboxylic acids is 1. The molecule has 0 aromatic rings. The minimum absolute atomic E-state index is 0.110. The van der Waals surface area contributed by atoms with Crippen molar-refractivity contribution in [2.24, 2.45) is 32.8 Å². The Bertz CT molecular complexity index is 544. The molecule has 0 aromatic heterocycles. The second kappa shape index (κ2) is 5.02. The maximum absolute atomic E-state index is 12.3. The molecule has 4 aliphatic rings. The smallest absolute Gasteiger partial charge is 0.263 e. The number of amides is 1. The lowest BCUT2D eigenvalue weighted by atomic mass is 10.0. The number of hydrogen-bond donors (Lipinski definition) is 0. The molecule has 3 heterocycles. The van der Waals surface area contributed by atoms with Crippen molar-refractivity contribution in [3.05, 3.63) is 0 Å². The molecule has 112 valence electrons. The normalized spacial score (nSPS) is 31.0. The van der Waals surface area contributed by atoms with Gasteiger partial charge in [-0.1, -0.05) is 6.92 Å². The highest BCUT2D eigenvalue weighted by atomic mass is 16.5. The first kappa shape index (κ1) is 13.1. The number of hydrogen-bond acceptors (Lipinski definition) is 5. The van der Waals surface area contributed by atoms with Crippen LogP contribution in [-0.2, 0) is 9.53 Å². The van der Waals surface area contributed by atoms with Gasteiger partial charge in [0.05, 0.1) is 6.04 Å². The quantitative estimate of drug-likeness (QED) is 0.789. The second-order valence-corrected chi connectivity index (χ2v) is 6.33. The lowest BCUT2D eigenvalue weighted by Crippen LogP contribution is -2.43. The van der Waals surface area contributed by atoms with Crippen molar-refractivity contribution in [2.75, 3.05) is 13.2 Å². The van der Waals surface area contributed by atoms with Gasteiger partial charge in [-0.15, -0.1) is 0 Å². The first-order valence-corrected chi connectivity index (χ1v) is 7.86. The first-order chi connectivity index (χ1) is 10.2. The molecular formula is C15H20N4O2. The summed E-state index contributed by atoms with van der Waals surface area (Å²) in [6.07, 6.45) is 6.01. The number of rotatable bonds is 3. The van der Waals surface area contributed by atoms with Gasteiger partial charge < -0.3 is 4.74 Å². The van der Waals surface area contributed by atoms with E-state index in [9.17, 15) is 4.79 Å². The molecule has 0 aromatic carbocycles. The lowest BCUT2D eigenvalue weighted by Gasteiger charge is -2.31. The summed E-state index contributed by atoms with van der Waals surface area (Å²) in [7, 11) is 0.